The number of hydrogen-bond acceptors (Lipinski definition) is 5. The van der Waals surface area contributed by atoms with E-state index in [2.05, 4.69) is 10.1 Å². The highest BCUT2D eigenvalue weighted by Gasteiger charge is 2.56. The summed E-state index contributed by atoms with van der Waals surface area (Å²) in [6.07, 6.45) is 4.25. The number of fused-ring (bicyclic) bond motifs is 2. The van der Waals surface area contributed by atoms with Gasteiger partial charge in [0.1, 0.15) is 18.1 Å². The molecule has 6 rings (SSSR count). The Morgan fingerprint density at radius 2 is 1.97 bits per heavy atom. The minimum Gasteiger partial charge on any atom is -0.328 e. The van der Waals surface area contributed by atoms with Gasteiger partial charge in [-0.2, -0.15) is 5.10 Å². The monoisotopic (exact) mass is 494 g/mol. The van der Waals surface area contributed by atoms with E-state index in [1.54, 1.807) is 35.4 Å². The number of Topliss-reactive ketones (excluding diaryl/α,β-unsaturated/α-hetero) is 2. The fraction of sp³-hybridized carbons (Fsp3) is 0.423. The second-order valence-electron chi connectivity index (χ2n) is 9.97. The second kappa shape index (κ2) is 8.22. The van der Waals surface area contributed by atoms with Gasteiger partial charge in [0.25, 0.3) is 0 Å². The lowest BCUT2D eigenvalue weighted by Crippen LogP contribution is -2.44. The Bertz CT molecular complexity index is 1390. The van der Waals surface area contributed by atoms with Gasteiger partial charge >= 0.3 is 0 Å². The molecule has 5 atom stereocenters. The predicted octanol–water partition coefficient (Wildman–Crippen LogP) is 4.18. The number of hydrogen-bond donors (Lipinski definition) is 0. The highest BCUT2D eigenvalue weighted by atomic mass is 35.5. The lowest BCUT2D eigenvalue weighted by molar-refractivity contribution is -0.139. The molecule has 1 aromatic carbocycles. The molecule has 0 N–H and O–H groups in total. The lowest BCUT2D eigenvalue weighted by atomic mass is 10.00. The van der Waals surface area contributed by atoms with Crippen LogP contribution in [-0.4, -0.2) is 49.2 Å². The number of amides is 1. The Hall–Kier alpha value is -3.13. The van der Waals surface area contributed by atoms with Gasteiger partial charge in [-0.3, -0.25) is 14.4 Å². The van der Waals surface area contributed by atoms with Crippen molar-refractivity contribution in [2.75, 3.05) is 0 Å². The molecule has 180 valence electrons. The third-order valence-electron chi connectivity index (χ3n) is 7.66. The molecule has 2 saturated carbocycles. The fourth-order valence-corrected chi connectivity index (χ4v) is 5.93. The van der Waals surface area contributed by atoms with Crippen LogP contribution in [0.4, 0.5) is 4.39 Å². The number of benzene rings is 1. The summed E-state index contributed by atoms with van der Waals surface area (Å²) in [4.78, 5) is 44.7. The summed E-state index contributed by atoms with van der Waals surface area (Å²) in [5, 5.41) is 5.06. The van der Waals surface area contributed by atoms with Crippen molar-refractivity contribution in [3.8, 4) is 0 Å². The molecule has 9 heteroatoms. The lowest BCUT2D eigenvalue weighted by Gasteiger charge is -2.27. The number of carbonyl (C=O) groups is 3. The molecule has 2 aliphatic carbocycles. The van der Waals surface area contributed by atoms with E-state index < -0.39 is 11.9 Å². The number of aromatic nitrogens is 3. The van der Waals surface area contributed by atoms with Crippen molar-refractivity contribution < 1.29 is 18.8 Å². The standard InChI is InChI=1S/C26H24ClFN4O3/c1-13(33)25-17-5-3-7-29-26(17)31(30-25)12-23(35)32-20-9-15(20)10-21(32)22(34)11-14-8-18(14)16-4-2-6-19(27)24(16)28/h2-7,14-15,18,20-21H,8-12H2,1H3/t14-,15-,18+,20-,21+/m1/s1. The van der Waals surface area contributed by atoms with Crippen LogP contribution >= 0.6 is 11.6 Å². The zero-order valence-corrected chi connectivity index (χ0v) is 19.9. The number of halogens is 2. The maximum Gasteiger partial charge on any atom is 0.245 e. The average molecular weight is 495 g/mol. The Kier molecular flexibility index (Phi) is 5.25. The summed E-state index contributed by atoms with van der Waals surface area (Å²) in [7, 11) is 0. The molecule has 1 aliphatic heterocycles. The maximum absolute atomic E-state index is 14.4. The summed E-state index contributed by atoms with van der Waals surface area (Å²) in [6, 6.07) is 8.10. The Labute approximate surface area is 206 Å². The van der Waals surface area contributed by atoms with Crippen LogP contribution in [0.2, 0.25) is 5.02 Å². The van der Waals surface area contributed by atoms with Crippen LogP contribution in [-0.2, 0) is 16.1 Å². The predicted molar refractivity (Wildman–Crippen MR) is 127 cm³/mol. The Balaban J connectivity index is 1.17. The zero-order chi connectivity index (χ0) is 24.4. The molecular weight excluding hydrogens is 471 g/mol. The van der Waals surface area contributed by atoms with E-state index in [4.69, 9.17) is 11.6 Å². The summed E-state index contributed by atoms with van der Waals surface area (Å²) >= 11 is 5.92. The summed E-state index contributed by atoms with van der Waals surface area (Å²) in [5.41, 5.74) is 1.33. The first kappa shape index (κ1) is 22.3. The maximum atomic E-state index is 14.4. The van der Waals surface area contributed by atoms with Gasteiger partial charge in [0.2, 0.25) is 5.91 Å². The molecule has 3 aliphatic rings. The molecule has 35 heavy (non-hydrogen) atoms. The van der Waals surface area contributed by atoms with E-state index in [-0.39, 0.29) is 52.6 Å². The molecule has 7 nitrogen and oxygen atoms in total. The quantitative estimate of drug-likeness (QED) is 0.460. The van der Waals surface area contributed by atoms with Crippen LogP contribution in [0.15, 0.2) is 36.5 Å². The molecule has 3 heterocycles. The van der Waals surface area contributed by atoms with E-state index in [0.29, 0.717) is 35.4 Å². The van der Waals surface area contributed by atoms with Crippen molar-refractivity contribution in [2.24, 2.45) is 11.8 Å². The molecule has 2 aromatic heterocycles. The van der Waals surface area contributed by atoms with Gasteiger partial charge in [0, 0.05) is 25.6 Å². The number of pyridine rings is 1. The van der Waals surface area contributed by atoms with Crippen LogP contribution in [0.1, 0.15) is 54.6 Å². The second-order valence-corrected chi connectivity index (χ2v) is 10.4. The summed E-state index contributed by atoms with van der Waals surface area (Å²) in [5.74, 6) is -0.335. The van der Waals surface area contributed by atoms with E-state index in [1.807, 2.05) is 0 Å². The number of carbonyl (C=O) groups excluding carboxylic acids is 3. The molecule has 1 saturated heterocycles. The van der Waals surface area contributed by atoms with Crippen LogP contribution in [0.3, 0.4) is 0 Å². The Morgan fingerprint density at radius 3 is 2.77 bits per heavy atom. The minimum absolute atomic E-state index is 0.00995. The molecule has 3 fully saturated rings. The van der Waals surface area contributed by atoms with Crippen molar-refractivity contribution in [3.63, 3.8) is 0 Å². The van der Waals surface area contributed by atoms with Gasteiger partial charge in [-0.15, -0.1) is 0 Å². The first-order valence-corrected chi connectivity index (χ1v) is 12.3. The first-order valence-electron chi connectivity index (χ1n) is 11.9. The van der Waals surface area contributed by atoms with Gasteiger partial charge < -0.3 is 4.90 Å². The minimum atomic E-state index is -0.459. The van der Waals surface area contributed by atoms with Crippen LogP contribution in [0, 0.1) is 17.7 Å². The van der Waals surface area contributed by atoms with E-state index in [1.165, 1.54) is 17.7 Å². The SMILES string of the molecule is CC(=O)c1nn(CC(=O)N2[C@@H]3C[C@@H]3C[C@H]2C(=O)C[C@H]2C[C@@H]2c2cccc(Cl)c2F)c2ncccc12. The number of nitrogens with zero attached hydrogens (tertiary/aromatic N) is 4. The van der Waals surface area contributed by atoms with Gasteiger partial charge in [-0.05, 0) is 60.8 Å². The van der Waals surface area contributed by atoms with Crippen molar-refractivity contribution in [3.05, 3.63) is 58.6 Å². The van der Waals surface area contributed by atoms with Gasteiger partial charge in [-0.25, -0.2) is 14.1 Å². The van der Waals surface area contributed by atoms with Gasteiger partial charge in [-0.1, -0.05) is 23.7 Å². The van der Waals surface area contributed by atoms with Crippen molar-refractivity contribution >= 4 is 40.1 Å². The Morgan fingerprint density at radius 1 is 1.14 bits per heavy atom. The van der Waals surface area contributed by atoms with E-state index in [0.717, 1.165) is 12.8 Å². The first-order chi connectivity index (χ1) is 16.8. The summed E-state index contributed by atoms with van der Waals surface area (Å²) in [6.45, 7) is 1.36. The average Bonchev–Trinajstić information content (AvgIpc) is 3.71. The van der Waals surface area contributed by atoms with Crippen molar-refractivity contribution in [1.29, 1.82) is 0 Å². The number of piperidine rings is 1. The zero-order valence-electron chi connectivity index (χ0n) is 19.2. The summed E-state index contributed by atoms with van der Waals surface area (Å²) < 4.78 is 15.9. The third kappa shape index (κ3) is 3.84. The molecule has 1 amide bonds. The van der Waals surface area contributed by atoms with Gasteiger partial charge in [0.05, 0.1) is 16.5 Å². The van der Waals surface area contributed by atoms with Crippen LogP contribution in [0.5, 0.6) is 0 Å². The normalized spacial score (nSPS) is 26.6. The molecule has 0 spiro atoms. The molecule has 0 radical (unpaired) electrons. The highest BCUT2D eigenvalue weighted by Crippen LogP contribution is 2.53. The topological polar surface area (TPSA) is 85.2 Å². The number of rotatable bonds is 7. The smallest absolute Gasteiger partial charge is 0.245 e. The third-order valence-corrected chi connectivity index (χ3v) is 7.95. The molecule has 0 bridgehead atoms. The van der Waals surface area contributed by atoms with Crippen molar-refractivity contribution in [2.45, 2.75) is 57.2 Å². The number of likely N-dealkylation sites (tertiary alicyclic amines) is 1. The number of ketones is 2. The van der Waals surface area contributed by atoms with Crippen molar-refractivity contribution in [1.82, 2.24) is 19.7 Å². The molecular formula is C26H24ClFN4O3. The fourth-order valence-electron chi connectivity index (χ4n) is 5.75. The largest absolute Gasteiger partial charge is 0.328 e. The van der Waals surface area contributed by atoms with E-state index in [9.17, 15) is 18.8 Å². The van der Waals surface area contributed by atoms with Gasteiger partial charge in [0.15, 0.2) is 17.2 Å². The van der Waals surface area contributed by atoms with Crippen LogP contribution < -0.4 is 0 Å². The van der Waals surface area contributed by atoms with Crippen LogP contribution in [0.25, 0.3) is 11.0 Å². The molecule has 0 unspecified atom stereocenters. The highest BCUT2D eigenvalue weighted by molar-refractivity contribution is 6.30. The van der Waals surface area contributed by atoms with E-state index >= 15 is 0 Å². The molecule has 3 aromatic rings.